The van der Waals surface area contributed by atoms with E-state index >= 15 is 0 Å². The van der Waals surface area contributed by atoms with Crippen LogP contribution in [0, 0.1) is 17.3 Å². The van der Waals surface area contributed by atoms with E-state index in [1.165, 1.54) is 0 Å². The molecule has 0 aromatic rings. The lowest BCUT2D eigenvalue weighted by atomic mass is 9.88. The quantitative estimate of drug-likeness (QED) is 0.687. The Morgan fingerprint density at radius 2 is 2.13 bits per heavy atom. The fraction of sp³-hybridized carbons (Fsp3) is 1.00. The molecule has 1 aliphatic carbocycles. The molecule has 1 fully saturated rings. The van der Waals surface area contributed by atoms with Crippen LogP contribution in [0.1, 0.15) is 26.2 Å². The summed E-state index contributed by atoms with van der Waals surface area (Å²) in [6, 6.07) is 0. The smallest absolute Gasteiger partial charge is 0.239 e. The van der Waals surface area contributed by atoms with Crippen LogP contribution in [0.3, 0.4) is 0 Å². The van der Waals surface area contributed by atoms with Gasteiger partial charge in [-0.1, -0.05) is 6.92 Å². The molecule has 15 heavy (non-hydrogen) atoms. The molecule has 4 heteroatoms. The maximum absolute atomic E-state index is 12.5. The van der Waals surface area contributed by atoms with Gasteiger partial charge in [-0.25, -0.2) is 8.78 Å². The highest BCUT2D eigenvalue weighted by Gasteiger charge is 2.54. The third kappa shape index (κ3) is 3.38. The Morgan fingerprint density at radius 1 is 1.47 bits per heavy atom. The molecule has 0 bridgehead atoms. The molecular weight excluding hydrogens is 198 g/mol. The van der Waals surface area contributed by atoms with E-state index in [0.29, 0.717) is 18.4 Å². The number of hydrogen-bond acceptors (Lipinski definition) is 2. The van der Waals surface area contributed by atoms with Crippen LogP contribution in [0.25, 0.3) is 0 Å². The number of hydrogen-bond donors (Lipinski definition) is 2. The van der Waals surface area contributed by atoms with Crippen LogP contribution in [-0.4, -0.2) is 26.6 Å². The molecule has 2 nitrogen and oxygen atoms in total. The van der Waals surface area contributed by atoms with E-state index < -0.39 is 6.43 Å². The van der Waals surface area contributed by atoms with E-state index in [9.17, 15) is 8.78 Å². The first-order valence-corrected chi connectivity index (χ1v) is 5.67. The highest BCUT2D eigenvalue weighted by atomic mass is 19.3. The molecule has 3 atom stereocenters. The van der Waals surface area contributed by atoms with Gasteiger partial charge in [-0.05, 0) is 50.2 Å². The van der Waals surface area contributed by atoms with Crippen LogP contribution in [0.4, 0.5) is 8.78 Å². The number of nitrogens with two attached hydrogens (primary N) is 1. The van der Waals surface area contributed by atoms with Crippen LogP contribution in [0.2, 0.25) is 0 Å². The Balaban J connectivity index is 2.45. The minimum Gasteiger partial charge on any atom is -0.330 e. The second-order valence-corrected chi connectivity index (χ2v) is 4.96. The largest absolute Gasteiger partial charge is 0.330 e. The van der Waals surface area contributed by atoms with Crippen LogP contribution in [0.5, 0.6) is 0 Å². The number of halogens is 2. The monoisotopic (exact) mass is 220 g/mol. The van der Waals surface area contributed by atoms with Gasteiger partial charge in [-0.15, -0.1) is 0 Å². The molecule has 0 radical (unpaired) electrons. The lowest BCUT2D eigenvalue weighted by Crippen LogP contribution is -2.23. The van der Waals surface area contributed by atoms with E-state index in [0.717, 1.165) is 19.4 Å². The second kappa shape index (κ2) is 5.21. The number of nitrogens with one attached hydrogen (secondary N) is 1. The van der Waals surface area contributed by atoms with Gasteiger partial charge in [0.05, 0.1) is 0 Å². The predicted octanol–water partition coefficient (Wildman–Crippen LogP) is 1.85. The summed E-state index contributed by atoms with van der Waals surface area (Å²) in [4.78, 5) is 0. The number of alkyl halides is 2. The van der Waals surface area contributed by atoms with E-state index in [2.05, 4.69) is 12.2 Å². The predicted molar refractivity (Wildman–Crippen MR) is 57.9 cm³/mol. The van der Waals surface area contributed by atoms with E-state index in [4.69, 9.17) is 5.73 Å². The Bertz CT molecular complexity index is 199. The average molecular weight is 220 g/mol. The van der Waals surface area contributed by atoms with Crippen LogP contribution >= 0.6 is 0 Å². The van der Waals surface area contributed by atoms with Gasteiger partial charge < -0.3 is 11.1 Å². The van der Waals surface area contributed by atoms with E-state index in [1.807, 2.05) is 7.05 Å². The van der Waals surface area contributed by atoms with Crippen molar-refractivity contribution in [3.63, 3.8) is 0 Å². The highest BCUT2D eigenvalue weighted by molar-refractivity contribution is 5.03. The summed E-state index contributed by atoms with van der Waals surface area (Å²) >= 11 is 0. The van der Waals surface area contributed by atoms with E-state index in [1.54, 1.807) is 0 Å². The zero-order valence-corrected chi connectivity index (χ0v) is 9.60. The van der Waals surface area contributed by atoms with Gasteiger partial charge >= 0.3 is 0 Å². The van der Waals surface area contributed by atoms with Crippen molar-refractivity contribution in [1.82, 2.24) is 5.32 Å². The molecule has 0 saturated heterocycles. The molecule has 90 valence electrons. The van der Waals surface area contributed by atoms with Gasteiger partial charge in [0.15, 0.2) is 0 Å². The summed E-state index contributed by atoms with van der Waals surface area (Å²) < 4.78 is 24.9. The van der Waals surface area contributed by atoms with E-state index in [-0.39, 0.29) is 11.8 Å². The summed E-state index contributed by atoms with van der Waals surface area (Å²) in [5.41, 5.74) is 5.42. The highest BCUT2D eigenvalue weighted by Crippen LogP contribution is 2.59. The fourth-order valence-corrected chi connectivity index (χ4v) is 2.77. The maximum atomic E-state index is 12.5. The minimum absolute atomic E-state index is 0.0307. The topological polar surface area (TPSA) is 38.0 Å². The van der Waals surface area contributed by atoms with Crippen molar-refractivity contribution >= 4 is 0 Å². The Hall–Kier alpha value is -0.220. The minimum atomic E-state index is -2.19. The molecule has 1 aliphatic rings. The van der Waals surface area contributed by atoms with Gasteiger partial charge in [0.1, 0.15) is 0 Å². The van der Waals surface area contributed by atoms with Crippen LogP contribution < -0.4 is 11.1 Å². The Labute approximate surface area is 90.6 Å². The summed E-state index contributed by atoms with van der Waals surface area (Å²) in [5, 5.41) is 3.09. The van der Waals surface area contributed by atoms with Crippen LogP contribution in [-0.2, 0) is 0 Å². The summed E-state index contributed by atoms with van der Waals surface area (Å²) in [6.07, 6.45) is -0.395. The lowest BCUT2D eigenvalue weighted by molar-refractivity contribution is 0.0957. The number of rotatable bonds is 7. The molecule has 1 saturated carbocycles. The molecule has 0 aromatic carbocycles. The van der Waals surface area contributed by atoms with Gasteiger partial charge in [-0.3, -0.25) is 0 Å². The lowest BCUT2D eigenvalue weighted by Gasteiger charge is -2.21. The van der Waals surface area contributed by atoms with Gasteiger partial charge in [0.2, 0.25) is 6.43 Å². The van der Waals surface area contributed by atoms with Crippen molar-refractivity contribution in [2.75, 3.05) is 20.1 Å². The zero-order chi connectivity index (χ0) is 11.5. The molecule has 3 N–H and O–H groups in total. The molecule has 1 rings (SSSR count). The molecular formula is C11H22F2N2. The first kappa shape index (κ1) is 12.8. The van der Waals surface area contributed by atoms with Crippen LogP contribution in [0.15, 0.2) is 0 Å². The maximum Gasteiger partial charge on any atom is 0.239 e. The standard InChI is InChI=1S/C11H22F2N2/c1-8(7-15-2)3-11(5-10(12)13)4-9(11)6-14/h8-10,15H,3-7,14H2,1-2H3/t8-,9+,11?/m1/s1. The van der Waals surface area contributed by atoms with Gasteiger partial charge in [-0.2, -0.15) is 0 Å². The average Bonchev–Trinajstić information content (AvgIpc) is 2.77. The molecule has 0 aliphatic heterocycles. The summed E-state index contributed by atoms with van der Waals surface area (Å²) in [5.74, 6) is 0.774. The van der Waals surface area contributed by atoms with Crippen molar-refractivity contribution in [1.29, 1.82) is 0 Å². The molecule has 0 aromatic heterocycles. The zero-order valence-electron chi connectivity index (χ0n) is 9.60. The van der Waals surface area contributed by atoms with Crippen molar-refractivity contribution in [3.8, 4) is 0 Å². The third-order valence-electron chi connectivity index (χ3n) is 3.51. The van der Waals surface area contributed by atoms with Crippen molar-refractivity contribution in [2.24, 2.45) is 23.0 Å². The van der Waals surface area contributed by atoms with Crippen molar-refractivity contribution in [2.45, 2.75) is 32.6 Å². The Kier molecular flexibility index (Phi) is 4.46. The third-order valence-corrected chi connectivity index (χ3v) is 3.51. The fourth-order valence-electron chi connectivity index (χ4n) is 2.77. The molecule has 0 heterocycles. The van der Waals surface area contributed by atoms with Crippen molar-refractivity contribution < 1.29 is 8.78 Å². The van der Waals surface area contributed by atoms with Crippen molar-refractivity contribution in [3.05, 3.63) is 0 Å². The first-order chi connectivity index (χ1) is 7.04. The molecule has 1 unspecified atom stereocenters. The molecule has 0 spiro atoms. The second-order valence-electron chi connectivity index (χ2n) is 4.96. The SMILES string of the molecule is CNC[C@H](C)CC1(CC(F)F)C[C@H]1CN. The van der Waals surface area contributed by atoms with Gasteiger partial charge in [0, 0.05) is 6.42 Å². The van der Waals surface area contributed by atoms with Gasteiger partial charge in [0.25, 0.3) is 0 Å². The Morgan fingerprint density at radius 3 is 2.53 bits per heavy atom. The molecule has 0 amide bonds. The first-order valence-electron chi connectivity index (χ1n) is 5.67. The summed E-state index contributed by atoms with van der Waals surface area (Å²) in [6.45, 7) is 3.55. The normalized spacial score (nSPS) is 32.0. The summed E-state index contributed by atoms with van der Waals surface area (Å²) in [7, 11) is 1.89.